The Morgan fingerprint density at radius 1 is 0.747 bits per heavy atom. The summed E-state index contributed by atoms with van der Waals surface area (Å²) >= 11 is 0. The summed E-state index contributed by atoms with van der Waals surface area (Å²) in [5.74, 6) is -4.12. The minimum atomic E-state index is -1.07. The average Bonchev–Trinajstić information content (AvgIpc) is 1.84. The molecule has 0 spiro atoms. The van der Waals surface area contributed by atoms with Crippen LogP contribution < -0.4 is 37.0 Å². The number of likely N-dealkylation sites (N-methyl/N-ethyl adjacent to an activating group) is 2. The number of methoxy groups -OCH3 is 2. The molecule has 0 aromatic heterocycles. The third kappa shape index (κ3) is 25.6. The molecule has 11 atom stereocenters. The van der Waals surface area contributed by atoms with E-state index in [1.807, 2.05) is 85.0 Å². The summed E-state index contributed by atoms with van der Waals surface area (Å²) in [5, 5.41) is 15.9. The van der Waals surface area contributed by atoms with Gasteiger partial charge in [0.1, 0.15) is 18.1 Å². The summed E-state index contributed by atoms with van der Waals surface area (Å²) < 4.78 is 31.8. The van der Waals surface area contributed by atoms with Crippen LogP contribution in [0.2, 0.25) is 0 Å². The summed E-state index contributed by atoms with van der Waals surface area (Å²) in [5.41, 5.74) is 6.55. The first kappa shape index (κ1) is 78.9. The number of urea groups is 1. The van der Waals surface area contributed by atoms with Crippen LogP contribution in [0.1, 0.15) is 120 Å². The maximum atomic E-state index is 14.5. The van der Waals surface area contributed by atoms with E-state index < -0.39 is 88.8 Å². The third-order valence-corrected chi connectivity index (χ3v) is 18.1. The first-order chi connectivity index (χ1) is 43.1. The molecule has 0 radical (unpaired) electrons. The van der Waals surface area contributed by atoms with Crippen LogP contribution in [0.4, 0.5) is 10.5 Å². The highest BCUT2D eigenvalue weighted by Crippen LogP contribution is 2.31. The molecule has 3 rings (SSSR count). The summed E-state index contributed by atoms with van der Waals surface area (Å²) in [4.78, 5) is 138. The average molecular weight is 1300 g/mol. The largest absolute Gasteiger partial charge is 0.379 e. The van der Waals surface area contributed by atoms with Crippen molar-refractivity contribution >= 4 is 80.9 Å². The number of nitrogens with two attached hydrogens (primary N) is 1. The van der Waals surface area contributed by atoms with Crippen LogP contribution in [0.25, 0.3) is 0 Å². The van der Waals surface area contributed by atoms with Crippen LogP contribution in [-0.2, 0) is 72.6 Å². The fourth-order valence-electron chi connectivity index (χ4n) is 11.2. The lowest BCUT2D eigenvalue weighted by atomic mass is 9.89. The minimum absolute atomic E-state index is 0.00811. The second-order valence-electron chi connectivity index (χ2n) is 24.5. The van der Waals surface area contributed by atoms with E-state index in [0.717, 1.165) is 10.5 Å². The number of rotatable bonds is 42. The summed E-state index contributed by atoms with van der Waals surface area (Å²) in [6.07, 6.45) is 3.44. The SMILES string of the molecule is C/C=S(\Cc1ccc(NC(=O)[C@H](CCCNC(N)=O)NC(=O)[C@@H](NC(=O)CCOCCOCCOCCN2C(=O)C=CC2=O)C(C)C)cc1)NC(=O)[C@H](C)[C@@H](OC)[C@@H]1CCCN1C(=O)C[C@@H](OC)[C@H]([C@@H](C)CC)N(C)C(=O)[C@@H](NC(=O)[C@H](C(C)C)N(C)C)C(C)C. The topological polar surface area (TPSA) is 328 Å². The van der Waals surface area contributed by atoms with Crippen LogP contribution in [-0.4, -0.2) is 227 Å². The van der Waals surface area contributed by atoms with Crippen molar-refractivity contribution in [1.82, 2.24) is 45.6 Å². The molecule has 1 aromatic carbocycles. The van der Waals surface area contributed by atoms with Crippen LogP contribution in [0.5, 0.6) is 0 Å². The molecule has 0 aliphatic carbocycles. The molecule has 26 nitrogen and oxygen atoms in total. The Kier molecular flexibility index (Phi) is 35.2. The van der Waals surface area contributed by atoms with Crippen LogP contribution in [0.15, 0.2) is 36.4 Å². The van der Waals surface area contributed by atoms with Gasteiger partial charge in [-0.25, -0.2) is 4.79 Å². The molecule has 8 N–H and O–H groups in total. The highest BCUT2D eigenvalue weighted by Gasteiger charge is 2.43. The number of hydrogen-bond donors (Lipinski definition) is 7. The molecule has 1 fully saturated rings. The van der Waals surface area contributed by atoms with Gasteiger partial charge < -0.3 is 70.5 Å². The van der Waals surface area contributed by atoms with Crippen molar-refractivity contribution < 1.29 is 71.6 Å². The van der Waals surface area contributed by atoms with Crippen molar-refractivity contribution in [3.05, 3.63) is 42.0 Å². The van der Waals surface area contributed by atoms with Gasteiger partial charge in [0.05, 0.1) is 88.9 Å². The molecule has 1 unspecified atom stereocenters. The number of likely N-dealkylation sites (tertiary alicyclic amines) is 1. The Labute approximate surface area is 541 Å². The zero-order chi connectivity index (χ0) is 68.1. The molecule has 1 aromatic rings. The number of carbonyl (C=O) groups excluding carboxylic acids is 10. The lowest BCUT2D eigenvalue weighted by Crippen LogP contribution is -2.59. The van der Waals surface area contributed by atoms with Gasteiger partial charge in [0.15, 0.2) is 0 Å². The molecular weight excluding hydrogens is 1190 g/mol. The molecule has 2 aliphatic heterocycles. The predicted octanol–water partition coefficient (Wildman–Crippen LogP) is 3.33. The number of ether oxygens (including phenoxy) is 5. The number of primary amides is 1. The molecule has 0 bridgehead atoms. The number of amides is 11. The van der Waals surface area contributed by atoms with Gasteiger partial charge >= 0.3 is 6.03 Å². The second-order valence-corrected chi connectivity index (χ2v) is 26.3. The van der Waals surface area contributed by atoms with Crippen LogP contribution in [0, 0.1) is 29.6 Å². The Balaban J connectivity index is 1.60. The van der Waals surface area contributed by atoms with E-state index in [9.17, 15) is 47.9 Å². The first-order valence-electron chi connectivity index (χ1n) is 31.8. The van der Waals surface area contributed by atoms with Gasteiger partial charge in [-0.2, -0.15) is 0 Å². The fourth-order valence-corrected chi connectivity index (χ4v) is 12.6. The number of nitrogens with one attached hydrogen (secondary N) is 6. The maximum absolute atomic E-state index is 14.5. The minimum Gasteiger partial charge on any atom is -0.379 e. The standard InChI is InChI=1S/C64H107N11O15S/c1-16-43(9)57(73(13)63(84)55(41(5)6)70-62(83)56(42(7)8)72(11)12)49(86-14)38-53(79)74-30-19-21-48(74)58(87-15)44(10)59(80)71-91(17-2)39-45-22-24-46(25-23-45)67-60(81)47(20-18-29-66-64(65)85)68-61(82)54(40(3)4)69-50(76)28-32-88-34-36-90-37-35-89-33-31-75-51(77)26-27-52(75)78/h17,22-27,40-44,47-49,54-58H,16,18-21,28-39H2,1-15H3,(H,67,81)(H,68,82)(H,69,76)(H,70,83)(H,71,80)(H3,65,66,85)/t43-,44+,47-,48-,49+,54-,55-,56-,57-,58+,91?/m0/s1. The second kappa shape index (κ2) is 40.6. The van der Waals surface area contributed by atoms with E-state index in [-0.39, 0.29) is 138 Å². The van der Waals surface area contributed by atoms with Crippen molar-refractivity contribution in [3.63, 3.8) is 0 Å². The van der Waals surface area contributed by atoms with Gasteiger partial charge in [0.2, 0.25) is 41.4 Å². The fraction of sp³-hybridized carbons (Fsp3) is 0.703. The van der Waals surface area contributed by atoms with E-state index in [2.05, 4.69) is 31.3 Å². The molecule has 2 heterocycles. The molecule has 0 saturated carbocycles. The third-order valence-electron chi connectivity index (χ3n) is 16.5. The first-order valence-corrected chi connectivity index (χ1v) is 33.3. The van der Waals surface area contributed by atoms with Crippen molar-refractivity contribution in [3.8, 4) is 0 Å². The van der Waals surface area contributed by atoms with Gasteiger partial charge in [-0.05, 0) is 93.4 Å². The Morgan fingerprint density at radius 2 is 1.35 bits per heavy atom. The maximum Gasteiger partial charge on any atom is 0.312 e. The molecule has 91 heavy (non-hydrogen) atoms. The quantitative estimate of drug-likeness (QED) is 0.0280. The van der Waals surface area contributed by atoms with E-state index >= 15 is 0 Å². The summed E-state index contributed by atoms with van der Waals surface area (Å²) in [6, 6.07) is 2.11. The van der Waals surface area contributed by atoms with E-state index in [1.54, 1.807) is 64.0 Å². The van der Waals surface area contributed by atoms with Gasteiger partial charge in [-0.1, -0.05) is 91.5 Å². The van der Waals surface area contributed by atoms with E-state index in [1.165, 1.54) is 12.2 Å². The molecule has 11 amide bonds. The van der Waals surface area contributed by atoms with Gasteiger partial charge in [-0.15, -0.1) is 0 Å². The Hall–Kier alpha value is -6.36. The van der Waals surface area contributed by atoms with Crippen LogP contribution in [0.3, 0.4) is 0 Å². The number of benzene rings is 1. The molecule has 514 valence electrons. The summed E-state index contributed by atoms with van der Waals surface area (Å²) in [6.45, 7) is 20.8. The number of imide groups is 1. The lowest BCUT2D eigenvalue weighted by molar-refractivity contribution is -0.148. The monoisotopic (exact) mass is 1300 g/mol. The number of hydrogen-bond acceptors (Lipinski definition) is 16. The predicted molar refractivity (Wildman–Crippen MR) is 350 cm³/mol. The van der Waals surface area contributed by atoms with Gasteiger partial charge in [-0.3, -0.25) is 53.0 Å². The number of anilines is 1. The van der Waals surface area contributed by atoms with Gasteiger partial charge in [0, 0.05) is 64.4 Å². The number of carbonyl (C=O) groups is 10. The molecule has 2 aliphatic rings. The van der Waals surface area contributed by atoms with Crippen molar-refractivity contribution in [2.24, 2.45) is 35.3 Å². The number of nitrogens with zero attached hydrogens (tertiary/aromatic N) is 4. The smallest absolute Gasteiger partial charge is 0.312 e. The molecular formula is C64H107N11O15S. The van der Waals surface area contributed by atoms with E-state index in [0.29, 0.717) is 37.2 Å². The molecule has 27 heteroatoms. The van der Waals surface area contributed by atoms with Gasteiger partial charge in [0.25, 0.3) is 11.8 Å². The Morgan fingerprint density at radius 3 is 1.89 bits per heavy atom. The van der Waals surface area contributed by atoms with Crippen molar-refractivity contribution in [2.75, 3.05) is 100.0 Å². The van der Waals surface area contributed by atoms with E-state index in [4.69, 9.17) is 29.4 Å². The highest BCUT2D eigenvalue weighted by atomic mass is 32.2. The van der Waals surface area contributed by atoms with Crippen molar-refractivity contribution in [1.29, 1.82) is 0 Å². The highest BCUT2D eigenvalue weighted by molar-refractivity contribution is 8.13. The van der Waals surface area contributed by atoms with Crippen molar-refractivity contribution in [2.45, 2.75) is 168 Å². The van der Waals surface area contributed by atoms with Crippen LogP contribution >= 0.6 is 10.7 Å². The lowest BCUT2D eigenvalue weighted by Gasteiger charge is -2.41. The zero-order valence-electron chi connectivity index (χ0n) is 56.5. The molecule has 1 saturated heterocycles. The Bertz CT molecular complexity index is 2580. The normalized spacial score (nSPS) is 17.5. The zero-order valence-corrected chi connectivity index (χ0v) is 57.3. The summed E-state index contributed by atoms with van der Waals surface area (Å²) in [7, 11) is 7.74.